The Morgan fingerprint density at radius 3 is 2.43 bits per heavy atom. The Morgan fingerprint density at radius 1 is 1.00 bits per heavy atom. The molecule has 146 valence electrons. The monoisotopic (exact) mass is 437 g/mol. The molecule has 28 heavy (non-hydrogen) atoms. The number of hydrogen-bond acceptors (Lipinski definition) is 4. The van der Waals surface area contributed by atoms with Crippen molar-refractivity contribution < 1.29 is 17.9 Å². The van der Waals surface area contributed by atoms with E-state index in [1.165, 1.54) is 18.2 Å². The van der Waals surface area contributed by atoms with Crippen LogP contribution in [0.1, 0.15) is 6.92 Å². The maximum Gasteiger partial charge on any atom is 0.326 e. The van der Waals surface area contributed by atoms with Crippen molar-refractivity contribution >= 4 is 55.7 Å². The standard InChI is InChI=1S/C20H17Cl2NO4S/c1-2-27-20(24)13-23(19-12-16(21)8-10-18(19)22)28(25,26)17-9-7-14-5-3-4-6-15(14)11-17/h3-12H,2,13H2,1H3. The minimum Gasteiger partial charge on any atom is -0.465 e. The summed E-state index contributed by atoms with van der Waals surface area (Å²) < 4.78 is 32.7. The third kappa shape index (κ3) is 4.24. The quantitative estimate of drug-likeness (QED) is 0.514. The Hall–Kier alpha value is -2.28. The van der Waals surface area contributed by atoms with E-state index < -0.39 is 22.5 Å². The lowest BCUT2D eigenvalue weighted by Crippen LogP contribution is -2.36. The summed E-state index contributed by atoms with van der Waals surface area (Å²) in [5, 5.41) is 2.11. The first kappa shape index (κ1) is 20.5. The third-order valence-electron chi connectivity index (χ3n) is 4.06. The fourth-order valence-corrected chi connectivity index (χ4v) is 4.65. The summed E-state index contributed by atoms with van der Waals surface area (Å²) in [6.45, 7) is 1.25. The first-order valence-electron chi connectivity index (χ1n) is 8.45. The van der Waals surface area contributed by atoms with Gasteiger partial charge in [0.2, 0.25) is 0 Å². The minimum atomic E-state index is -4.11. The molecule has 0 spiro atoms. The summed E-state index contributed by atoms with van der Waals surface area (Å²) in [5.74, 6) is -0.692. The molecule has 0 aliphatic rings. The number of rotatable bonds is 6. The number of benzene rings is 3. The number of halogens is 2. The number of anilines is 1. The highest BCUT2D eigenvalue weighted by atomic mass is 35.5. The Balaban J connectivity index is 2.13. The molecule has 0 amide bonds. The number of fused-ring (bicyclic) bond motifs is 1. The molecule has 0 unspecified atom stereocenters. The molecule has 0 aliphatic carbocycles. The molecular weight excluding hydrogens is 421 g/mol. The Bertz CT molecular complexity index is 1130. The Labute approximate surface area is 173 Å². The van der Waals surface area contributed by atoms with Crippen molar-refractivity contribution in [3.05, 3.63) is 70.7 Å². The first-order valence-corrected chi connectivity index (χ1v) is 10.6. The maximum absolute atomic E-state index is 13.4. The second-order valence-electron chi connectivity index (χ2n) is 5.92. The van der Waals surface area contributed by atoms with Crippen LogP contribution in [0.3, 0.4) is 0 Å². The predicted molar refractivity (Wildman–Crippen MR) is 112 cm³/mol. The van der Waals surface area contributed by atoms with Crippen molar-refractivity contribution in [2.75, 3.05) is 17.5 Å². The number of hydrogen-bond donors (Lipinski definition) is 0. The lowest BCUT2D eigenvalue weighted by atomic mass is 10.1. The average Bonchev–Trinajstić information content (AvgIpc) is 2.68. The second kappa shape index (κ2) is 8.39. The highest BCUT2D eigenvalue weighted by Gasteiger charge is 2.29. The summed E-state index contributed by atoms with van der Waals surface area (Å²) in [4.78, 5) is 12.1. The molecule has 0 saturated carbocycles. The summed E-state index contributed by atoms with van der Waals surface area (Å²) in [6, 6.07) is 16.6. The van der Waals surface area contributed by atoms with Crippen molar-refractivity contribution in [3.63, 3.8) is 0 Å². The average molecular weight is 438 g/mol. The molecule has 0 atom stereocenters. The minimum absolute atomic E-state index is 0.0338. The molecule has 3 rings (SSSR count). The van der Waals surface area contributed by atoms with E-state index in [0.717, 1.165) is 15.1 Å². The SMILES string of the molecule is CCOC(=O)CN(c1cc(Cl)ccc1Cl)S(=O)(=O)c1ccc2ccccc2c1. The van der Waals surface area contributed by atoms with E-state index in [1.807, 2.05) is 24.3 Å². The van der Waals surface area contributed by atoms with Gasteiger partial charge in [0.1, 0.15) is 6.54 Å². The van der Waals surface area contributed by atoms with Crippen LogP contribution in [-0.2, 0) is 19.6 Å². The lowest BCUT2D eigenvalue weighted by Gasteiger charge is -2.25. The molecule has 0 radical (unpaired) electrons. The molecule has 0 saturated heterocycles. The van der Waals surface area contributed by atoms with Gasteiger partial charge in [-0.15, -0.1) is 0 Å². The van der Waals surface area contributed by atoms with E-state index in [-0.39, 0.29) is 22.2 Å². The van der Waals surface area contributed by atoms with Crippen molar-refractivity contribution in [1.82, 2.24) is 0 Å². The number of esters is 1. The topological polar surface area (TPSA) is 63.7 Å². The summed E-state index contributed by atoms with van der Waals surface area (Å²) in [5.41, 5.74) is 0.107. The van der Waals surface area contributed by atoms with E-state index >= 15 is 0 Å². The number of nitrogens with zero attached hydrogens (tertiary/aromatic N) is 1. The molecule has 0 aliphatic heterocycles. The molecule has 3 aromatic carbocycles. The Morgan fingerprint density at radius 2 is 1.71 bits per heavy atom. The fourth-order valence-electron chi connectivity index (χ4n) is 2.76. The van der Waals surface area contributed by atoms with Crippen LogP contribution in [-0.4, -0.2) is 27.5 Å². The lowest BCUT2D eigenvalue weighted by molar-refractivity contribution is -0.141. The molecule has 0 bridgehead atoms. The van der Waals surface area contributed by atoms with Crippen LogP contribution in [0.2, 0.25) is 10.0 Å². The first-order chi connectivity index (χ1) is 13.3. The van der Waals surface area contributed by atoms with Crippen LogP contribution in [0.5, 0.6) is 0 Å². The normalized spacial score (nSPS) is 11.4. The number of sulfonamides is 1. The van der Waals surface area contributed by atoms with E-state index in [2.05, 4.69) is 0 Å². The van der Waals surface area contributed by atoms with Gasteiger partial charge in [0.05, 0.1) is 22.2 Å². The van der Waals surface area contributed by atoms with Gasteiger partial charge >= 0.3 is 5.97 Å². The predicted octanol–water partition coefficient (Wildman–Crippen LogP) is 4.91. The van der Waals surface area contributed by atoms with Crippen molar-refractivity contribution in [2.45, 2.75) is 11.8 Å². The van der Waals surface area contributed by atoms with E-state index in [4.69, 9.17) is 27.9 Å². The molecular formula is C20H17Cl2NO4S. The smallest absolute Gasteiger partial charge is 0.326 e. The molecule has 3 aromatic rings. The highest BCUT2D eigenvalue weighted by Crippen LogP contribution is 2.33. The molecule has 8 heteroatoms. The van der Waals surface area contributed by atoms with Gasteiger partial charge in [-0.05, 0) is 48.0 Å². The third-order valence-corrected chi connectivity index (χ3v) is 6.37. The van der Waals surface area contributed by atoms with E-state index in [1.54, 1.807) is 25.1 Å². The van der Waals surface area contributed by atoms with Crippen LogP contribution in [0.25, 0.3) is 10.8 Å². The van der Waals surface area contributed by atoms with Gasteiger partial charge in [-0.1, -0.05) is 53.5 Å². The highest BCUT2D eigenvalue weighted by molar-refractivity contribution is 7.92. The summed E-state index contributed by atoms with van der Waals surface area (Å²) >= 11 is 12.3. The second-order valence-corrected chi connectivity index (χ2v) is 8.63. The fraction of sp³-hybridized carbons (Fsp3) is 0.150. The molecule has 0 fully saturated rings. The van der Waals surface area contributed by atoms with Crippen molar-refractivity contribution in [1.29, 1.82) is 0 Å². The molecule has 0 N–H and O–H groups in total. The zero-order chi connectivity index (χ0) is 20.3. The van der Waals surface area contributed by atoms with Gasteiger partial charge in [0, 0.05) is 5.02 Å². The van der Waals surface area contributed by atoms with Gasteiger partial charge in [-0.25, -0.2) is 8.42 Å². The molecule has 0 heterocycles. The number of carbonyl (C=O) groups excluding carboxylic acids is 1. The van der Waals surface area contributed by atoms with Gasteiger partial charge in [-0.2, -0.15) is 0 Å². The number of carbonyl (C=O) groups is 1. The largest absolute Gasteiger partial charge is 0.465 e. The molecule has 0 aromatic heterocycles. The van der Waals surface area contributed by atoms with Gasteiger partial charge in [0.25, 0.3) is 10.0 Å². The van der Waals surface area contributed by atoms with Gasteiger partial charge in [-0.3, -0.25) is 9.10 Å². The molecule has 5 nitrogen and oxygen atoms in total. The van der Waals surface area contributed by atoms with Crippen molar-refractivity contribution in [2.24, 2.45) is 0 Å². The summed E-state index contributed by atoms with van der Waals surface area (Å²) in [6.07, 6.45) is 0. The Kier molecular flexibility index (Phi) is 6.13. The van der Waals surface area contributed by atoms with E-state index in [9.17, 15) is 13.2 Å². The van der Waals surface area contributed by atoms with Crippen LogP contribution >= 0.6 is 23.2 Å². The summed E-state index contributed by atoms with van der Waals surface area (Å²) in [7, 11) is -4.11. The van der Waals surface area contributed by atoms with E-state index in [0.29, 0.717) is 5.02 Å². The number of ether oxygens (including phenoxy) is 1. The zero-order valence-corrected chi connectivity index (χ0v) is 17.3. The van der Waals surface area contributed by atoms with Crippen LogP contribution < -0.4 is 4.31 Å². The zero-order valence-electron chi connectivity index (χ0n) is 14.9. The van der Waals surface area contributed by atoms with Crippen molar-refractivity contribution in [3.8, 4) is 0 Å². The maximum atomic E-state index is 13.4. The van der Waals surface area contributed by atoms with Gasteiger partial charge < -0.3 is 4.74 Å². The van der Waals surface area contributed by atoms with Gasteiger partial charge in [0.15, 0.2) is 0 Å². The van der Waals surface area contributed by atoms with Crippen LogP contribution in [0.4, 0.5) is 5.69 Å². The van der Waals surface area contributed by atoms with Crippen LogP contribution in [0.15, 0.2) is 65.6 Å². The van der Waals surface area contributed by atoms with Crippen LogP contribution in [0, 0.1) is 0 Å².